The summed E-state index contributed by atoms with van der Waals surface area (Å²) in [6.45, 7) is 1.80. The number of aromatic nitrogens is 2. The Hall–Kier alpha value is -2.77. The summed E-state index contributed by atoms with van der Waals surface area (Å²) in [5, 5.41) is 15.3. The van der Waals surface area contributed by atoms with Gasteiger partial charge in [-0.2, -0.15) is 5.10 Å². The lowest BCUT2D eigenvalue weighted by Crippen LogP contribution is -2.40. The van der Waals surface area contributed by atoms with Crippen molar-refractivity contribution in [3.63, 3.8) is 0 Å². The van der Waals surface area contributed by atoms with Gasteiger partial charge in [0.25, 0.3) is 5.91 Å². The van der Waals surface area contributed by atoms with Crippen molar-refractivity contribution >= 4 is 11.9 Å². The number of carboxylic acid groups (broad SMARTS) is 1. The van der Waals surface area contributed by atoms with Gasteiger partial charge in [0.05, 0.1) is 0 Å². The van der Waals surface area contributed by atoms with Crippen molar-refractivity contribution < 1.29 is 23.5 Å². The van der Waals surface area contributed by atoms with Crippen molar-refractivity contribution in [3.8, 4) is 5.69 Å². The summed E-state index contributed by atoms with van der Waals surface area (Å²) in [6, 6.07) is 3.28. The number of carbonyl (C=O) groups excluding carboxylic acids is 1. The summed E-state index contributed by atoms with van der Waals surface area (Å²) >= 11 is 0. The molecule has 0 spiro atoms. The number of carboxylic acids is 1. The van der Waals surface area contributed by atoms with E-state index in [4.69, 9.17) is 5.11 Å². The molecule has 2 rings (SSSR count). The molecule has 2 aromatic rings. The zero-order valence-electron chi connectivity index (χ0n) is 12.3. The molecule has 122 valence electrons. The minimum Gasteiger partial charge on any atom is -0.480 e. The molecule has 6 nitrogen and oxygen atoms in total. The second kappa shape index (κ2) is 6.99. The molecule has 1 heterocycles. The van der Waals surface area contributed by atoms with Gasteiger partial charge in [-0.15, -0.1) is 0 Å². The molecular weight excluding hydrogens is 308 g/mol. The topological polar surface area (TPSA) is 84.2 Å². The monoisotopic (exact) mass is 323 g/mol. The van der Waals surface area contributed by atoms with E-state index in [0.717, 1.165) is 10.7 Å². The molecule has 0 aliphatic rings. The van der Waals surface area contributed by atoms with Gasteiger partial charge in [0, 0.05) is 12.3 Å². The third kappa shape index (κ3) is 3.91. The second-order valence-electron chi connectivity index (χ2n) is 4.89. The molecule has 0 aliphatic heterocycles. The number of nitrogens with one attached hydrogen (secondary N) is 1. The first kappa shape index (κ1) is 16.6. The van der Waals surface area contributed by atoms with Crippen LogP contribution in [0.5, 0.6) is 0 Å². The van der Waals surface area contributed by atoms with E-state index in [-0.39, 0.29) is 17.8 Å². The Morgan fingerprint density at radius 1 is 1.35 bits per heavy atom. The number of carbonyl (C=O) groups is 2. The first-order valence-electron chi connectivity index (χ1n) is 6.97. The van der Waals surface area contributed by atoms with Crippen LogP contribution in [0.1, 0.15) is 30.3 Å². The summed E-state index contributed by atoms with van der Waals surface area (Å²) < 4.78 is 27.7. The van der Waals surface area contributed by atoms with Gasteiger partial charge in [-0.3, -0.25) is 4.79 Å². The van der Waals surface area contributed by atoms with Gasteiger partial charge in [-0.1, -0.05) is 13.3 Å². The largest absolute Gasteiger partial charge is 0.480 e. The number of halogens is 2. The van der Waals surface area contributed by atoms with Crippen LogP contribution >= 0.6 is 0 Å². The summed E-state index contributed by atoms with van der Waals surface area (Å²) in [5.41, 5.74) is -0.0788. The molecule has 0 aliphatic carbocycles. The van der Waals surface area contributed by atoms with Crippen LogP contribution in [-0.4, -0.2) is 32.8 Å². The van der Waals surface area contributed by atoms with Crippen LogP contribution < -0.4 is 5.32 Å². The Morgan fingerprint density at radius 3 is 2.70 bits per heavy atom. The van der Waals surface area contributed by atoms with Crippen LogP contribution in [0.15, 0.2) is 30.5 Å². The Kier molecular flexibility index (Phi) is 5.05. The second-order valence-corrected chi connectivity index (χ2v) is 4.89. The molecule has 2 N–H and O–H groups in total. The predicted molar refractivity (Wildman–Crippen MR) is 77.3 cm³/mol. The van der Waals surface area contributed by atoms with Gasteiger partial charge in [0.2, 0.25) is 0 Å². The zero-order chi connectivity index (χ0) is 17.0. The van der Waals surface area contributed by atoms with Crippen molar-refractivity contribution in [1.82, 2.24) is 15.1 Å². The number of nitrogens with zero attached hydrogens (tertiary/aromatic N) is 2. The zero-order valence-corrected chi connectivity index (χ0v) is 12.3. The molecule has 0 fully saturated rings. The first-order chi connectivity index (χ1) is 10.9. The molecule has 0 radical (unpaired) electrons. The molecule has 0 saturated carbocycles. The maximum atomic E-state index is 13.7. The first-order valence-corrected chi connectivity index (χ1v) is 6.97. The molecule has 1 amide bonds. The third-order valence-corrected chi connectivity index (χ3v) is 3.16. The lowest BCUT2D eigenvalue weighted by atomic mass is 10.1. The molecule has 1 aromatic carbocycles. The number of benzene rings is 1. The van der Waals surface area contributed by atoms with E-state index in [1.165, 1.54) is 18.3 Å². The molecular formula is C15H15F2N3O3. The summed E-state index contributed by atoms with van der Waals surface area (Å²) in [4.78, 5) is 23.0. The Balaban J connectivity index is 2.18. The van der Waals surface area contributed by atoms with Crippen LogP contribution in [-0.2, 0) is 4.79 Å². The number of hydrogen-bond acceptors (Lipinski definition) is 3. The van der Waals surface area contributed by atoms with E-state index in [9.17, 15) is 18.4 Å². The summed E-state index contributed by atoms with van der Waals surface area (Å²) in [7, 11) is 0. The number of hydrogen-bond donors (Lipinski definition) is 2. The highest BCUT2D eigenvalue weighted by Crippen LogP contribution is 2.14. The molecule has 8 heteroatoms. The van der Waals surface area contributed by atoms with Crippen LogP contribution in [0.4, 0.5) is 8.78 Å². The number of amides is 1. The van der Waals surface area contributed by atoms with Gasteiger partial charge in [-0.05, 0) is 24.6 Å². The molecule has 1 atom stereocenters. The van der Waals surface area contributed by atoms with Crippen molar-refractivity contribution in [1.29, 1.82) is 0 Å². The SMILES string of the molecule is CCCC(NC(=O)c1ccn(-c2ccc(F)cc2F)n1)C(=O)O. The normalized spacial score (nSPS) is 12.0. The Morgan fingerprint density at radius 2 is 2.09 bits per heavy atom. The van der Waals surface area contributed by atoms with Crippen molar-refractivity contribution in [2.45, 2.75) is 25.8 Å². The molecule has 1 aromatic heterocycles. The van der Waals surface area contributed by atoms with Crippen molar-refractivity contribution in [2.24, 2.45) is 0 Å². The lowest BCUT2D eigenvalue weighted by molar-refractivity contribution is -0.139. The fourth-order valence-electron chi connectivity index (χ4n) is 2.02. The molecule has 23 heavy (non-hydrogen) atoms. The minimum absolute atomic E-state index is 0.0196. The highest BCUT2D eigenvalue weighted by Gasteiger charge is 2.21. The van der Waals surface area contributed by atoms with Gasteiger partial charge in [-0.25, -0.2) is 18.3 Å². The smallest absolute Gasteiger partial charge is 0.326 e. The molecule has 0 saturated heterocycles. The number of rotatable bonds is 6. The summed E-state index contributed by atoms with van der Waals surface area (Å²) in [5.74, 6) is -3.36. The van der Waals surface area contributed by atoms with E-state index in [0.29, 0.717) is 12.5 Å². The van der Waals surface area contributed by atoms with Gasteiger partial charge < -0.3 is 10.4 Å². The van der Waals surface area contributed by atoms with E-state index in [2.05, 4.69) is 10.4 Å². The van der Waals surface area contributed by atoms with Crippen LogP contribution in [0, 0.1) is 11.6 Å². The minimum atomic E-state index is -1.13. The van der Waals surface area contributed by atoms with E-state index in [1.807, 2.05) is 0 Å². The maximum Gasteiger partial charge on any atom is 0.326 e. The standard InChI is InChI=1S/C15H15F2N3O3/c1-2-3-12(15(22)23)18-14(21)11-6-7-20(19-11)13-5-4-9(16)8-10(13)17/h4-8,12H,2-3H2,1H3,(H,18,21)(H,22,23). The van der Waals surface area contributed by atoms with E-state index in [1.54, 1.807) is 6.92 Å². The Labute approximate surface area is 130 Å². The van der Waals surface area contributed by atoms with Crippen molar-refractivity contribution in [3.05, 3.63) is 47.8 Å². The van der Waals surface area contributed by atoms with Gasteiger partial charge >= 0.3 is 5.97 Å². The molecule has 0 bridgehead atoms. The fourth-order valence-corrected chi connectivity index (χ4v) is 2.02. The fraction of sp³-hybridized carbons (Fsp3) is 0.267. The predicted octanol–water partition coefficient (Wildman–Crippen LogP) is 2.13. The van der Waals surface area contributed by atoms with Crippen molar-refractivity contribution in [2.75, 3.05) is 0 Å². The quantitative estimate of drug-likeness (QED) is 0.853. The lowest BCUT2D eigenvalue weighted by Gasteiger charge is -2.12. The van der Waals surface area contributed by atoms with Crippen LogP contribution in [0.3, 0.4) is 0 Å². The average Bonchev–Trinajstić information content (AvgIpc) is 2.96. The van der Waals surface area contributed by atoms with Crippen LogP contribution in [0.25, 0.3) is 5.69 Å². The van der Waals surface area contributed by atoms with Gasteiger partial charge in [0.15, 0.2) is 11.5 Å². The van der Waals surface area contributed by atoms with E-state index >= 15 is 0 Å². The highest BCUT2D eigenvalue weighted by atomic mass is 19.1. The Bertz CT molecular complexity index is 731. The maximum absolute atomic E-state index is 13.7. The van der Waals surface area contributed by atoms with E-state index < -0.39 is 29.6 Å². The third-order valence-electron chi connectivity index (χ3n) is 3.16. The summed E-state index contributed by atoms with van der Waals surface area (Å²) in [6.07, 6.45) is 2.21. The van der Waals surface area contributed by atoms with Gasteiger partial charge in [0.1, 0.15) is 17.5 Å². The number of aliphatic carboxylic acids is 1. The van der Waals surface area contributed by atoms with Crippen LogP contribution in [0.2, 0.25) is 0 Å². The average molecular weight is 323 g/mol. The molecule has 1 unspecified atom stereocenters. The highest BCUT2D eigenvalue weighted by molar-refractivity contribution is 5.94.